The van der Waals surface area contributed by atoms with Gasteiger partial charge < -0.3 is 9.72 Å². The van der Waals surface area contributed by atoms with Crippen LogP contribution in [0.4, 0.5) is 22.0 Å². The average molecular weight is 516 g/mol. The highest BCUT2D eigenvalue weighted by molar-refractivity contribution is 6.30. The molecule has 3 rings (SSSR count). The molecule has 0 fully saturated rings. The van der Waals surface area contributed by atoms with Gasteiger partial charge in [0.1, 0.15) is 11.6 Å². The van der Waals surface area contributed by atoms with Gasteiger partial charge in [-0.2, -0.15) is 27.2 Å². The van der Waals surface area contributed by atoms with Crippen molar-refractivity contribution in [1.29, 1.82) is 5.26 Å². The summed E-state index contributed by atoms with van der Waals surface area (Å²) in [5.41, 5.74) is -3.94. The third-order valence-corrected chi connectivity index (χ3v) is 5.19. The van der Waals surface area contributed by atoms with Crippen molar-refractivity contribution >= 4 is 11.6 Å². The van der Waals surface area contributed by atoms with Crippen LogP contribution in [0.15, 0.2) is 28.0 Å². The van der Waals surface area contributed by atoms with Crippen molar-refractivity contribution in [3.05, 3.63) is 78.1 Å². The molecular formula is C21H15ClF5N5O3. The molecule has 1 aromatic carbocycles. The first kappa shape index (κ1) is 25.8. The maximum atomic E-state index is 14.3. The number of ether oxygens (including phenoxy) is 1. The maximum Gasteiger partial charge on any atom is 0.459 e. The Bertz CT molecular complexity index is 1470. The van der Waals surface area contributed by atoms with Crippen LogP contribution in [0, 0.1) is 32.1 Å². The highest BCUT2D eigenvalue weighted by atomic mass is 35.5. The largest absolute Gasteiger partial charge is 0.459 e. The average Bonchev–Trinajstić information content (AvgIpc) is 2.74. The van der Waals surface area contributed by atoms with Gasteiger partial charge in [-0.3, -0.25) is 14.2 Å². The Morgan fingerprint density at radius 2 is 1.83 bits per heavy atom. The van der Waals surface area contributed by atoms with Gasteiger partial charge in [0, 0.05) is 16.3 Å². The number of aromatic nitrogens is 4. The molecule has 14 heteroatoms. The molecule has 35 heavy (non-hydrogen) atoms. The van der Waals surface area contributed by atoms with Crippen LogP contribution < -0.4 is 15.9 Å². The summed E-state index contributed by atoms with van der Waals surface area (Å²) < 4.78 is 73.9. The first-order valence-electron chi connectivity index (χ1n) is 9.66. The van der Waals surface area contributed by atoms with E-state index >= 15 is 0 Å². The number of rotatable bonds is 5. The van der Waals surface area contributed by atoms with Gasteiger partial charge >= 0.3 is 12.1 Å². The van der Waals surface area contributed by atoms with Gasteiger partial charge in [0.2, 0.25) is 5.75 Å². The van der Waals surface area contributed by atoms with E-state index in [1.165, 1.54) is 26.8 Å². The summed E-state index contributed by atoms with van der Waals surface area (Å²) in [4.78, 5) is 35.0. The molecule has 184 valence electrons. The van der Waals surface area contributed by atoms with E-state index in [2.05, 4.69) is 15.0 Å². The molecule has 0 aliphatic carbocycles. The summed E-state index contributed by atoms with van der Waals surface area (Å²) in [6.45, 7) is 3.74. The summed E-state index contributed by atoms with van der Waals surface area (Å²) >= 11 is 5.89. The number of H-pyrrole nitrogens is 1. The number of nitrogens with one attached hydrogen (secondary N) is 1. The number of nitrogens with zero attached hydrogens (tertiary/aromatic N) is 4. The Morgan fingerprint density at radius 1 is 1.17 bits per heavy atom. The number of alkyl halides is 5. The summed E-state index contributed by atoms with van der Waals surface area (Å²) in [6, 6.07) is 4.03. The summed E-state index contributed by atoms with van der Waals surface area (Å²) in [6.07, 6.45) is -5.65. The zero-order valence-corrected chi connectivity index (χ0v) is 19.0. The number of nitriles is 1. The summed E-state index contributed by atoms with van der Waals surface area (Å²) in [5, 5.41) is 9.11. The number of hydrogen-bond donors (Lipinski definition) is 1. The minimum absolute atomic E-state index is 0.0306. The van der Waals surface area contributed by atoms with E-state index in [1.54, 1.807) is 6.07 Å². The van der Waals surface area contributed by atoms with Crippen molar-refractivity contribution in [3.63, 3.8) is 0 Å². The van der Waals surface area contributed by atoms with Crippen LogP contribution in [0.2, 0.25) is 5.02 Å². The lowest BCUT2D eigenvalue weighted by Crippen LogP contribution is -2.38. The van der Waals surface area contributed by atoms with Crippen molar-refractivity contribution in [2.75, 3.05) is 0 Å². The van der Waals surface area contributed by atoms with Crippen molar-refractivity contribution in [2.45, 2.75) is 39.4 Å². The predicted octanol–water partition coefficient (Wildman–Crippen LogP) is 4.27. The van der Waals surface area contributed by atoms with E-state index in [-0.39, 0.29) is 33.2 Å². The molecule has 2 aromatic heterocycles. The van der Waals surface area contributed by atoms with E-state index in [0.29, 0.717) is 10.9 Å². The standard InChI is InChI=1S/C21H15ClF5N5O3/c1-9-12(6-28)4-13(22)5-15(9)35-16-17(20(23,24)21(25,26)27)29-8-32(19(16)34)7-14-10(2)30-11(3)31-18(14)33/h4-5,8H,7H2,1-3H3,(H,30,31,33). The molecule has 0 aliphatic rings. The lowest BCUT2D eigenvalue weighted by Gasteiger charge is -2.22. The predicted molar refractivity (Wildman–Crippen MR) is 113 cm³/mol. The Kier molecular flexibility index (Phi) is 6.72. The minimum Gasteiger partial charge on any atom is -0.449 e. The van der Waals surface area contributed by atoms with Gasteiger partial charge in [-0.1, -0.05) is 11.6 Å². The van der Waals surface area contributed by atoms with Gasteiger partial charge in [-0.05, 0) is 32.9 Å². The van der Waals surface area contributed by atoms with Gasteiger partial charge in [0.25, 0.3) is 11.1 Å². The van der Waals surface area contributed by atoms with E-state index in [1.807, 2.05) is 0 Å². The number of halogens is 6. The Balaban J connectivity index is 2.26. The lowest BCUT2D eigenvalue weighted by molar-refractivity contribution is -0.291. The lowest BCUT2D eigenvalue weighted by atomic mass is 10.1. The van der Waals surface area contributed by atoms with Gasteiger partial charge in [0.15, 0.2) is 5.69 Å². The topological polar surface area (TPSA) is 114 Å². The highest BCUT2D eigenvalue weighted by Crippen LogP contribution is 2.46. The van der Waals surface area contributed by atoms with E-state index in [9.17, 15) is 36.8 Å². The van der Waals surface area contributed by atoms with E-state index in [0.717, 1.165) is 6.07 Å². The van der Waals surface area contributed by atoms with Crippen LogP contribution >= 0.6 is 11.6 Å². The molecule has 0 atom stereocenters. The number of benzene rings is 1. The fourth-order valence-electron chi connectivity index (χ4n) is 3.13. The molecule has 0 saturated carbocycles. The second-order valence-corrected chi connectivity index (χ2v) is 7.87. The van der Waals surface area contributed by atoms with Crippen LogP contribution in [0.1, 0.15) is 33.9 Å². The van der Waals surface area contributed by atoms with Gasteiger partial charge in [-0.25, -0.2) is 9.97 Å². The van der Waals surface area contributed by atoms with Crippen molar-refractivity contribution < 1.29 is 26.7 Å². The zero-order chi connectivity index (χ0) is 26.3. The van der Waals surface area contributed by atoms with Crippen LogP contribution in [-0.2, 0) is 12.5 Å². The van der Waals surface area contributed by atoms with Crippen molar-refractivity contribution in [1.82, 2.24) is 19.5 Å². The SMILES string of the molecule is Cc1nc(C)c(Cn2cnc(C(F)(F)C(F)(F)F)c(Oc3cc(Cl)cc(C#N)c3C)c2=O)c(=O)[nH]1. The molecule has 8 nitrogen and oxygen atoms in total. The molecular weight excluding hydrogens is 501 g/mol. The summed E-state index contributed by atoms with van der Waals surface area (Å²) in [7, 11) is 0. The molecule has 3 aromatic rings. The highest BCUT2D eigenvalue weighted by Gasteiger charge is 2.62. The third-order valence-electron chi connectivity index (χ3n) is 4.98. The monoisotopic (exact) mass is 515 g/mol. The molecule has 0 bridgehead atoms. The van der Waals surface area contributed by atoms with E-state index < -0.39 is 47.0 Å². The maximum absolute atomic E-state index is 14.3. The van der Waals surface area contributed by atoms with Gasteiger partial charge in [-0.15, -0.1) is 0 Å². The number of aromatic amines is 1. The first-order valence-corrected chi connectivity index (χ1v) is 10.0. The molecule has 1 N–H and O–H groups in total. The Labute approximate surface area is 198 Å². The fraction of sp³-hybridized carbons (Fsp3) is 0.286. The molecule has 2 heterocycles. The second-order valence-electron chi connectivity index (χ2n) is 7.43. The van der Waals surface area contributed by atoms with Crippen LogP contribution in [0.5, 0.6) is 11.5 Å². The van der Waals surface area contributed by atoms with Crippen LogP contribution in [-0.4, -0.2) is 25.7 Å². The first-order chi connectivity index (χ1) is 16.2. The molecule has 0 saturated heterocycles. The van der Waals surface area contributed by atoms with Crippen molar-refractivity contribution in [3.8, 4) is 17.6 Å². The fourth-order valence-corrected chi connectivity index (χ4v) is 3.33. The van der Waals surface area contributed by atoms with Crippen LogP contribution in [0.25, 0.3) is 0 Å². The Morgan fingerprint density at radius 3 is 2.40 bits per heavy atom. The molecule has 0 amide bonds. The molecule has 0 unspecified atom stereocenters. The Hall–Kier alpha value is -3.79. The quantitative estimate of drug-likeness (QED) is 0.508. The summed E-state index contributed by atoms with van der Waals surface area (Å²) in [5.74, 6) is -7.14. The molecule has 0 spiro atoms. The third kappa shape index (κ3) is 4.88. The second kappa shape index (κ2) is 9.10. The molecule has 0 radical (unpaired) electrons. The smallest absolute Gasteiger partial charge is 0.449 e. The van der Waals surface area contributed by atoms with E-state index in [4.69, 9.17) is 16.3 Å². The zero-order valence-electron chi connectivity index (χ0n) is 18.2. The normalized spacial score (nSPS) is 11.9. The number of aryl methyl sites for hydroxylation is 2. The molecule has 0 aliphatic heterocycles. The number of hydrogen-bond acceptors (Lipinski definition) is 6. The minimum atomic E-state index is -6.10. The van der Waals surface area contributed by atoms with Gasteiger partial charge in [0.05, 0.1) is 30.1 Å². The van der Waals surface area contributed by atoms with Crippen LogP contribution in [0.3, 0.4) is 0 Å². The van der Waals surface area contributed by atoms with Crippen molar-refractivity contribution in [2.24, 2.45) is 0 Å².